The first-order valence-corrected chi connectivity index (χ1v) is 9.66. The molecule has 0 aliphatic rings. The number of nitrogens with one attached hydrogen (secondary N) is 1. The number of thioether (sulfide) groups is 1. The number of carbonyl (C=O) groups excluding carboxylic acids is 1. The normalized spacial score (nSPS) is 11.0. The van der Waals surface area contributed by atoms with Crippen LogP contribution in [0.2, 0.25) is 0 Å². The van der Waals surface area contributed by atoms with Crippen LogP contribution in [-0.2, 0) is 11.3 Å². The average molecular weight is 377 g/mol. The number of fused-ring (bicyclic) bond motifs is 1. The van der Waals surface area contributed by atoms with Gasteiger partial charge < -0.3 is 9.73 Å². The maximum absolute atomic E-state index is 12.2. The predicted molar refractivity (Wildman–Crippen MR) is 107 cm³/mol. The number of amides is 1. The van der Waals surface area contributed by atoms with Crippen LogP contribution in [0, 0.1) is 6.92 Å². The lowest BCUT2D eigenvalue weighted by Gasteiger charge is -2.09. The van der Waals surface area contributed by atoms with Crippen molar-refractivity contribution in [3.05, 3.63) is 78.3 Å². The minimum absolute atomic E-state index is 0.0566. The van der Waals surface area contributed by atoms with Crippen LogP contribution in [-0.4, -0.2) is 21.2 Å². The first-order chi connectivity index (χ1) is 13.2. The highest BCUT2D eigenvalue weighted by Crippen LogP contribution is 2.28. The highest BCUT2D eigenvalue weighted by Gasteiger charge is 2.14. The number of rotatable bonds is 6. The second-order valence-corrected chi connectivity index (χ2v) is 7.14. The highest BCUT2D eigenvalue weighted by atomic mass is 32.2. The van der Waals surface area contributed by atoms with Crippen molar-refractivity contribution in [2.45, 2.75) is 18.6 Å². The van der Waals surface area contributed by atoms with E-state index < -0.39 is 0 Å². The fraction of sp³-hybridized carbons (Fsp3) is 0.143. The van der Waals surface area contributed by atoms with Crippen LogP contribution in [0.25, 0.3) is 16.7 Å². The van der Waals surface area contributed by atoms with Crippen molar-refractivity contribution in [3.8, 4) is 5.69 Å². The second kappa shape index (κ2) is 7.72. The molecule has 0 aliphatic carbocycles. The van der Waals surface area contributed by atoms with Crippen molar-refractivity contribution in [1.82, 2.24) is 14.9 Å². The Hall–Kier alpha value is -2.99. The molecule has 2 aromatic carbocycles. The van der Waals surface area contributed by atoms with Gasteiger partial charge in [-0.3, -0.25) is 9.36 Å². The molecular weight excluding hydrogens is 358 g/mol. The number of aromatic nitrogens is 2. The van der Waals surface area contributed by atoms with Gasteiger partial charge >= 0.3 is 0 Å². The summed E-state index contributed by atoms with van der Waals surface area (Å²) < 4.78 is 7.33. The summed E-state index contributed by atoms with van der Waals surface area (Å²) in [4.78, 5) is 16.9. The molecular formula is C21H19N3O2S. The third kappa shape index (κ3) is 3.90. The fourth-order valence-electron chi connectivity index (χ4n) is 2.82. The van der Waals surface area contributed by atoms with Gasteiger partial charge in [0.15, 0.2) is 5.16 Å². The van der Waals surface area contributed by atoms with Crippen LogP contribution in [0.15, 0.2) is 76.5 Å². The third-order valence-electron chi connectivity index (χ3n) is 4.19. The number of furan rings is 1. The summed E-state index contributed by atoms with van der Waals surface area (Å²) in [6.07, 6.45) is 1.60. The molecule has 0 aliphatic heterocycles. The van der Waals surface area contributed by atoms with Crippen LogP contribution < -0.4 is 5.32 Å². The Kier molecular flexibility index (Phi) is 4.98. The number of para-hydroxylation sites is 2. The molecule has 0 bridgehead atoms. The molecule has 2 aromatic heterocycles. The van der Waals surface area contributed by atoms with E-state index in [9.17, 15) is 4.79 Å². The largest absolute Gasteiger partial charge is 0.467 e. The standard InChI is InChI=1S/C21H19N3O2S/c1-15-8-10-16(11-9-15)24-19-7-3-2-6-18(19)23-21(24)27-14-20(25)22-13-17-5-4-12-26-17/h2-12H,13-14H2,1H3,(H,22,25). The topological polar surface area (TPSA) is 60.1 Å². The van der Waals surface area contributed by atoms with Gasteiger partial charge in [0.2, 0.25) is 5.91 Å². The fourth-order valence-corrected chi connectivity index (χ4v) is 3.68. The number of carbonyl (C=O) groups is 1. The van der Waals surface area contributed by atoms with Gasteiger partial charge in [-0.05, 0) is 43.3 Å². The van der Waals surface area contributed by atoms with E-state index in [-0.39, 0.29) is 11.7 Å². The van der Waals surface area contributed by atoms with Crippen molar-refractivity contribution in [1.29, 1.82) is 0 Å². The van der Waals surface area contributed by atoms with Crippen molar-refractivity contribution in [2.24, 2.45) is 0 Å². The van der Waals surface area contributed by atoms with Crippen LogP contribution in [0.4, 0.5) is 0 Å². The quantitative estimate of drug-likeness (QED) is 0.508. The predicted octanol–water partition coefficient (Wildman–Crippen LogP) is 4.34. The van der Waals surface area contributed by atoms with E-state index >= 15 is 0 Å². The van der Waals surface area contributed by atoms with Gasteiger partial charge in [0, 0.05) is 5.69 Å². The number of hydrogen-bond donors (Lipinski definition) is 1. The number of aryl methyl sites for hydroxylation is 1. The molecule has 6 heteroatoms. The summed E-state index contributed by atoms with van der Waals surface area (Å²) in [6, 6.07) is 19.9. The molecule has 0 saturated carbocycles. The molecule has 0 atom stereocenters. The third-order valence-corrected chi connectivity index (χ3v) is 5.13. The molecule has 0 fully saturated rings. The molecule has 0 saturated heterocycles. The minimum Gasteiger partial charge on any atom is -0.467 e. The summed E-state index contributed by atoms with van der Waals surface area (Å²) in [6.45, 7) is 2.45. The molecule has 4 rings (SSSR count). The van der Waals surface area contributed by atoms with Crippen molar-refractivity contribution in [2.75, 3.05) is 5.75 Å². The van der Waals surface area contributed by atoms with Gasteiger partial charge in [-0.2, -0.15) is 0 Å². The maximum Gasteiger partial charge on any atom is 0.230 e. The van der Waals surface area contributed by atoms with Crippen LogP contribution in [0.3, 0.4) is 0 Å². The Balaban J connectivity index is 1.55. The Morgan fingerprint density at radius 2 is 1.93 bits per heavy atom. The molecule has 1 N–H and O–H groups in total. The van der Waals surface area contributed by atoms with Gasteiger partial charge in [-0.15, -0.1) is 0 Å². The minimum atomic E-state index is -0.0566. The molecule has 4 aromatic rings. The Morgan fingerprint density at radius 1 is 1.11 bits per heavy atom. The Morgan fingerprint density at radius 3 is 2.70 bits per heavy atom. The zero-order chi connectivity index (χ0) is 18.6. The van der Waals surface area contributed by atoms with E-state index in [1.807, 2.05) is 30.3 Å². The van der Waals surface area contributed by atoms with E-state index in [0.29, 0.717) is 6.54 Å². The molecule has 0 radical (unpaired) electrons. The second-order valence-electron chi connectivity index (χ2n) is 6.20. The lowest BCUT2D eigenvalue weighted by molar-refractivity contribution is -0.118. The first-order valence-electron chi connectivity index (χ1n) is 8.67. The zero-order valence-corrected chi connectivity index (χ0v) is 15.7. The average Bonchev–Trinajstić information content (AvgIpc) is 3.33. The van der Waals surface area contributed by atoms with Gasteiger partial charge in [0.1, 0.15) is 5.76 Å². The zero-order valence-electron chi connectivity index (χ0n) is 14.9. The molecule has 27 heavy (non-hydrogen) atoms. The number of imidazole rings is 1. The van der Waals surface area contributed by atoms with Crippen molar-refractivity contribution < 1.29 is 9.21 Å². The summed E-state index contributed by atoms with van der Waals surface area (Å²) in [7, 11) is 0. The van der Waals surface area contributed by atoms with Gasteiger partial charge in [-0.25, -0.2) is 4.98 Å². The van der Waals surface area contributed by atoms with Gasteiger partial charge in [-0.1, -0.05) is 41.6 Å². The van der Waals surface area contributed by atoms with E-state index in [4.69, 9.17) is 9.40 Å². The first kappa shape index (κ1) is 17.4. The Labute approximate surface area is 161 Å². The van der Waals surface area contributed by atoms with E-state index in [2.05, 4.69) is 41.1 Å². The van der Waals surface area contributed by atoms with Crippen molar-refractivity contribution in [3.63, 3.8) is 0 Å². The molecule has 1 amide bonds. The van der Waals surface area contributed by atoms with Crippen LogP contribution >= 0.6 is 11.8 Å². The molecule has 2 heterocycles. The highest BCUT2D eigenvalue weighted by molar-refractivity contribution is 7.99. The van der Waals surface area contributed by atoms with E-state index in [0.717, 1.165) is 27.6 Å². The number of benzene rings is 2. The summed E-state index contributed by atoms with van der Waals surface area (Å²) in [5.41, 5.74) is 4.18. The van der Waals surface area contributed by atoms with Crippen LogP contribution in [0.1, 0.15) is 11.3 Å². The Bertz CT molecular complexity index is 1050. The summed E-state index contributed by atoms with van der Waals surface area (Å²) in [5.74, 6) is 0.967. The summed E-state index contributed by atoms with van der Waals surface area (Å²) in [5, 5.41) is 3.66. The molecule has 0 unspecified atom stereocenters. The molecule has 0 spiro atoms. The SMILES string of the molecule is Cc1ccc(-n2c(SCC(=O)NCc3ccco3)nc3ccccc32)cc1. The smallest absolute Gasteiger partial charge is 0.230 e. The molecule has 136 valence electrons. The van der Waals surface area contributed by atoms with Gasteiger partial charge in [0.05, 0.1) is 29.6 Å². The van der Waals surface area contributed by atoms with Crippen LogP contribution in [0.5, 0.6) is 0 Å². The van der Waals surface area contributed by atoms with E-state index in [1.54, 1.807) is 12.3 Å². The maximum atomic E-state index is 12.2. The lowest BCUT2D eigenvalue weighted by Crippen LogP contribution is -2.24. The van der Waals surface area contributed by atoms with E-state index in [1.165, 1.54) is 17.3 Å². The van der Waals surface area contributed by atoms with Gasteiger partial charge in [0.25, 0.3) is 0 Å². The lowest BCUT2D eigenvalue weighted by atomic mass is 10.2. The number of hydrogen-bond acceptors (Lipinski definition) is 4. The number of nitrogens with zero attached hydrogens (tertiary/aromatic N) is 2. The monoisotopic (exact) mass is 377 g/mol. The molecule has 5 nitrogen and oxygen atoms in total. The summed E-state index contributed by atoms with van der Waals surface area (Å²) >= 11 is 1.43. The van der Waals surface area contributed by atoms with Crippen molar-refractivity contribution >= 4 is 28.7 Å².